The normalized spacial score (nSPS) is 17.4. The number of hydrogen-bond acceptors (Lipinski definition) is 5. The first-order valence-electron chi connectivity index (χ1n) is 7.44. The summed E-state index contributed by atoms with van der Waals surface area (Å²) in [5.74, 6) is -1.32. The summed E-state index contributed by atoms with van der Waals surface area (Å²) in [5, 5.41) is 22.5. The summed E-state index contributed by atoms with van der Waals surface area (Å²) in [6.07, 6.45) is 5.64. The van der Waals surface area contributed by atoms with Crippen LogP contribution in [0, 0.1) is 0 Å². The van der Waals surface area contributed by atoms with Crippen molar-refractivity contribution in [3.05, 3.63) is 35.9 Å². The van der Waals surface area contributed by atoms with E-state index in [1.54, 1.807) is 0 Å². The second-order valence-electron chi connectivity index (χ2n) is 5.45. The molecule has 1 aromatic rings. The fourth-order valence-corrected chi connectivity index (χ4v) is 2.56. The number of benzene rings is 1. The van der Waals surface area contributed by atoms with Crippen LogP contribution in [-0.2, 0) is 20.9 Å². The Balaban J connectivity index is 0.000000255. The maximum Gasteiger partial charge on any atom is 0.333 e. The predicted octanol–water partition coefficient (Wildman–Crippen LogP) is 1.47. The van der Waals surface area contributed by atoms with Gasteiger partial charge in [0.2, 0.25) is 0 Å². The Morgan fingerprint density at radius 3 is 2.14 bits per heavy atom. The summed E-state index contributed by atoms with van der Waals surface area (Å²) in [6.45, 7) is 0.133. The van der Waals surface area contributed by atoms with Gasteiger partial charge in [-0.05, 0) is 31.2 Å². The monoisotopic (exact) mass is 331 g/mol. The van der Waals surface area contributed by atoms with E-state index >= 15 is 0 Å². The lowest BCUT2D eigenvalue weighted by Gasteiger charge is -2.25. The van der Waals surface area contributed by atoms with Gasteiger partial charge in [-0.15, -0.1) is 0 Å². The molecule has 4 N–H and O–H groups in total. The van der Waals surface area contributed by atoms with E-state index in [9.17, 15) is 8.42 Å². The van der Waals surface area contributed by atoms with Gasteiger partial charge in [0.15, 0.2) is 5.79 Å². The summed E-state index contributed by atoms with van der Waals surface area (Å²) in [5.41, 5.74) is 1.16. The summed E-state index contributed by atoms with van der Waals surface area (Å²) in [4.78, 5) is 0. The van der Waals surface area contributed by atoms with Crippen LogP contribution in [0.25, 0.3) is 0 Å². The van der Waals surface area contributed by atoms with Crippen molar-refractivity contribution in [1.82, 2.24) is 0 Å². The minimum absolute atomic E-state index is 0.133. The zero-order valence-corrected chi connectivity index (χ0v) is 13.5. The first kappa shape index (κ1) is 19.1. The maximum absolute atomic E-state index is 10.4. The summed E-state index contributed by atoms with van der Waals surface area (Å²) < 4.78 is 25.2. The minimum Gasteiger partial charge on any atom is -0.366 e. The van der Waals surface area contributed by atoms with Crippen molar-refractivity contribution in [2.24, 2.45) is 5.14 Å². The molecule has 2 rings (SSSR count). The molecule has 0 heterocycles. The highest BCUT2D eigenvalue weighted by Gasteiger charge is 2.24. The maximum atomic E-state index is 10.4. The minimum atomic E-state index is -3.78. The largest absolute Gasteiger partial charge is 0.366 e. The Kier molecular flexibility index (Phi) is 7.98. The van der Waals surface area contributed by atoms with E-state index in [4.69, 9.17) is 10.2 Å². The Morgan fingerprint density at radius 2 is 1.68 bits per heavy atom. The van der Waals surface area contributed by atoms with Gasteiger partial charge in [0.1, 0.15) is 0 Å². The third kappa shape index (κ3) is 9.86. The zero-order valence-electron chi connectivity index (χ0n) is 12.6. The van der Waals surface area contributed by atoms with Gasteiger partial charge in [0, 0.05) is 12.8 Å². The third-order valence-electron chi connectivity index (χ3n) is 3.35. The van der Waals surface area contributed by atoms with Crippen molar-refractivity contribution in [2.75, 3.05) is 6.61 Å². The summed E-state index contributed by atoms with van der Waals surface area (Å²) >= 11 is 0. The average Bonchev–Trinajstić information content (AvgIpc) is 2.44. The van der Waals surface area contributed by atoms with Gasteiger partial charge in [0.25, 0.3) is 0 Å². The molecular formula is C15H25NO5S. The fraction of sp³-hybridized carbons (Fsp3) is 0.600. The Hall–Kier alpha value is -0.990. The van der Waals surface area contributed by atoms with Crippen LogP contribution in [0.3, 0.4) is 0 Å². The van der Waals surface area contributed by atoms with Crippen molar-refractivity contribution in [1.29, 1.82) is 0 Å². The molecule has 22 heavy (non-hydrogen) atoms. The van der Waals surface area contributed by atoms with E-state index in [1.165, 1.54) is 0 Å². The molecule has 1 aliphatic carbocycles. The first-order chi connectivity index (χ1) is 10.3. The van der Waals surface area contributed by atoms with Crippen molar-refractivity contribution >= 4 is 10.3 Å². The van der Waals surface area contributed by atoms with Gasteiger partial charge in [-0.2, -0.15) is 8.42 Å². The van der Waals surface area contributed by atoms with Crippen LogP contribution >= 0.6 is 0 Å². The van der Waals surface area contributed by atoms with Crippen molar-refractivity contribution in [3.8, 4) is 0 Å². The molecule has 0 aliphatic heterocycles. The number of rotatable bonds is 5. The van der Waals surface area contributed by atoms with Gasteiger partial charge < -0.3 is 10.2 Å². The van der Waals surface area contributed by atoms with E-state index in [0.29, 0.717) is 19.3 Å². The van der Waals surface area contributed by atoms with Crippen LogP contribution in [0.4, 0.5) is 0 Å². The van der Waals surface area contributed by atoms with Gasteiger partial charge >= 0.3 is 10.3 Å². The van der Waals surface area contributed by atoms with Crippen LogP contribution < -0.4 is 5.14 Å². The topological polar surface area (TPSA) is 110 Å². The molecule has 1 aliphatic rings. The van der Waals surface area contributed by atoms with E-state index in [0.717, 1.165) is 31.2 Å². The molecule has 0 bridgehead atoms. The quantitative estimate of drug-likeness (QED) is 0.559. The molecule has 1 fully saturated rings. The molecule has 126 valence electrons. The Bertz CT molecular complexity index is 508. The van der Waals surface area contributed by atoms with Crippen LogP contribution in [0.15, 0.2) is 30.3 Å². The lowest BCUT2D eigenvalue weighted by molar-refractivity contribution is -0.180. The third-order valence-corrected chi connectivity index (χ3v) is 3.85. The molecule has 1 aromatic carbocycles. The number of aryl methyl sites for hydroxylation is 1. The highest BCUT2D eigenvalue weighted by molar-refractivity contribution is 7.84. The molecule has 6 nitrogen and oxygen atoms in total. The fourth-order valence-electron chi connectivity index (χ4n) is 2.21. The van der Waals surface area contributed by atoms with E-state index in [1.807, 2.05) is 30.3 Å². The molecule has 1 saturated carbocycles. The van der Waals surface area contributed by atoms with Crippen LogP contribution in [-0.4, -0.2) is 31.0 Å². The SMILES string of the molecule is NS(=O)(=O)OCCCc1ccccc1.OC1(O)CCCCC1. The molecule has 0 unspecified atom stereocenters. The second kappa shape index (κ2) is 9.22. The lowest BCUT2D eigenvalue weighted by atomic mass is 9.95. The molecule has 0 spiro atoms. The molecule has 0 radical (unpaired) electrons. The molecule has 0 atom stereocenters. The smallest absolute Gasteiger partial charge is 0.333 e. The van der Waals surface area contributed by atoms with E-state index in [2.05, 4.69) is 9.32 Å². The van der Waals surface area contributed by atoms with E-state index < -0.39 is 16.1 Å². The highest BCUT2D eigenvalue weighted by Crippen LogP contribution is 2.24. The number of nitrogens with two attached hydrogens (primary N) is 1. The van der Waals surface area contributed by atoms with Gasteiger partial charge in [0.05, 0.1) is 6.61 Å². The highest BCUT2D eigenvalue weighted by atomic mass is 32.2. The predicted molar refractivity (Wildman–Crippen MR) is 84.1 cm³/mol. The number of aliphatic hydroxyl groups is 2. The van der Waals surface area contributed by atoms with Crippen molar-refractivity contribution in [2.45, 2.75) is 50.7 Å². The summed E-state index contributed by atoms with van der Waals surface area (Å²) in [6, 6.07) is 9.78. The molecule has 0 amide bonds. The second-order valence-corrected chi connectivity index (χ2v) is 6.67. The Morgan fingerprint density at radius 1 is 1.09 bits per heavy atom. The molecular weight excluding hydrogens is 306 g/mol. The molecule has 0 saturated heterocycles. The standard InChI is InChI=1S/C9H13NO3S.C6H12O2/c10-14(11,12)13-8-4-7-9-5-2-1-3-6-9;7-6(8)4-2-1-3-5-6/h1-3,5-6H,4,7-8H2,(H2,10,11,12);7-8H,1-5H2. The van der Waals surface area contributed by atoms with Crippen LogP contribution in [0.1, 0.15) is 44.1 Å². The Labute approximate surface area is 132 Å². The van der Waals surface area contributed by atoms with Crippen LogP contribution in [0.5, 0.6) is 0 Å². The lowest BCUT2D eigenvalue weighted by Crippen LogP contribution is -2.30. The van der Waals surface area contributed by atoms with Gasteiger partial charge in [-0.25, -0.2) is 5.14 Å². The van der Waals surface area contributed by atoms with E-state index in [-0.39, 0.29) is 6.61 Å². The molecule has 7 heteroatoms. The summed E-state index contributed by atoms with van der Waals surface area (Å²) in [7, 11) is -3.78. The zero-order chi connectivity index (χ0) is 16.5. The van der Waals surface area contributed by atoms with Crippen molar-refractivity contribution in [3.63, 3.8) is 0 Å². The first-order valence-corrected chi connectivity index (χ1v) is 8.91. The van der Waals surface area contributed by atoms with Crippen LogP contribution in [0.2, 0.25) is 0 Å². The number of hydrogen-bond donors (Lipinski definition) is 3. The van der Waals surface area contributed by atoms with Gasteiger partial charge in [-0.1, -0.05) is 36.8 Å². The average molecular weight is 331 g/mol. The van der Waals surface area contributed by atoms with Crippen molar-refractivity contribution < 1.29 is 22.8 Å². The van der Waals surface area contributed by atoms with Gasteiger partial charge in [-0.3, -0.25) is 4.18 Å². The molecule has 0 aromatic heterocycles.